The van der Waals surface area contributed by atoms with E-state index < -0.39 is 0 Å². The van der Waals surface area contributed by atoms with Crippen molar-refractivity contribution in [1.82, 2.24) is 0 Å². The van der Waals surface area contributed by atoms with Crippen LogP contribution in [0.3, 0.4) is 0 Å². The molecule has 0 saturated carbocycles. The van der Waals surface area contributed by atoms with Crippen LogP contribution < -0.4 is 11.1 Å². The molecule has 1 aromatic rings. The second kappa shape index (κ2) is 5.46. The Kier molecular flexibility index (Phi) is 4.24. The predicted molar refractivity (Wildman–Crippen MR) is 62.7 cm³/mol. The van der Waals surface area contributed by atoms with E-state index in [1.165, 1.54) is 0 Å². The third kappa shape index (κ3) is 3.67. The van der Waals surface area contributed by atoms with Crippen LogP contribution in [0.1, 0.15) is 12.0 Å². The highest BCUT2D eigenvalue weighted by Gasteiger charge is 2.00. The fourth-order valence-corrected chi connectivity index (χ4v) is 1.33. The summed E-state index contributed by atoms with van der Waals surface area (Å²) in [5.74, 6) is 0.200. The van der Waals surface area contributed by atoms with Crippen LogP contribution in [0, 0.1) is 6.92 Å². The largest absolute Gasteiger partial charge is 0.409 e. The number of aryl methyl sites for hydroxylation is 1. The zero-order valence-electron chi connectivity index (χ0n) is 8.50. The molecule has 0 unspecified atom stereocenters. The van der Waals surface area contributed by atoms with Gasteiger partial charge < -0.3 is 16.3 Å². The van der Waals surface area contributed by atoms with Crippen LogP contribution in [0.5, 0.6) is 0 Å². The number of oxime groups is 1. The number of amidine groups is 1. The highest BCUT2D eigenvalue weighted by molar-refractivity contribution is 6.33. The van der Waals surface area contributed by atoms with Gasteiger partial charge in [-0.3, -0.25) is 0 Å². The molecular formula is C10H14ClN3O. The van der Waals surface area contributed by atoms with Crippen LogP contribution in [0.15, 0.2) is 23.4 Å². The summed E-state index contributed by atoms with van der Waals surface area (Å²) in [6.45, 7) is 2.57. The van der Waals surface area contributed by atoms with E-state index in [4.69, 9.17) is 22.5 Å². The lowest BCUT2D eigenvalue weighted by Crippen LogP contribution is -2.16. The molecule has 82 valence electrons. The number of anilines is 1. The minimum Gasteiger partial charge on any atom is -0.409 e. The van der Waals surface area contributed by atoms with Gasteiger partial charge in [0.05, 0.1) is 10.7 Å². The molecule has 0 bridgehead atoms. The molecule has 0 atom stereocenters. The quantitative estimate of drug-likeness (QED) is 0.320. The molecule has 0 spiro atoms. The summed E-state index contributed by atoms with van der Waals surface area (Å²) in [5.41, 5.74) is 7.33. The first-order chi connectivity index (χ1) is 7.13. The number of benzene rings is 1. The summed E-state index contributed by atoms with van der Waals surface area (Å²) in [6, 6.07) is 5.73. The molecule has 0 saturated heterocycles. The molecule has 0 heterocycles. The number of rotatable bonds is 4. The monoisotopic (exact) mass is 227 g/mol. The zero-order chi connectivity index (χ0) is 11.3. The van der Waals surface area contributed by atoms with Crippen molar-refractivity contribution in [2.24, 2.45) is 10.9 Å². The molecule has 0 aliphatic heterocycles. The van der Waals surface area contributed by atoms with Crippen molar-refractivity contribution in [2.75, 3.05) is 11.9 Å². The summed E-state index contributed by atoms with van der Waals surface area (Å²) in [6.07, 6.45) is 0.473. The third-order valence-corrected chi connectivity index (χ3v) is 2.28. The van der Waals surface area contributed by atoms with E-state index in [1.54, 1.807) is 0 Å². The fraction of sp³-hybridized carbons (Fsp3) is 0.300. The molecule has 5 heteroatoms. The van der Waals surface area contributed by atoms with Crippen molar-refractivity contribution in [1.29, 1.82) is 0 Å². The summed E-state index contributed by atoms with van der Waals surface area (Å²) >= 11 is 5.97. The topological polar surface area (TPSA) is 70.6 Å². The molecule has 0 amide bonds. The Hall–Kier alpha value is -1.42. The number of halogens is 1. The minimum absolute atomic E-state index is 0.200. The lowest BCUT2D eigenvalue weighted by Gasteiger charge is -2.08. The molecule has 0 radical (unpaired) electrons. The average Bonchev–Trinajstić information content (AvgIpc) is 2.23. The van der Waals surface area contributed by atoms with Crippen LogP contribution in [0.4, 0.5) is 5.69 Å². The van der Waals surface area contributed by atoms with Crippen molar-refractivity contribution >= 4 is 23.1 Å². The number of hydrogen-bond acceptors (Lipinski definition) is 3. The van der Waals surface area contributed by atoms with Crippen molar-refractivity contribution in [3.8, 4) is 0 Å². The average molecular weight is 228 g/mol. The maximum atomic E-state index is 8.34. The molecule has 0 fully saturated rings. The van der Waals surface area contributed by atoms with E-state index in [-0.39, 0.29) is 5.84 Å². The molecule has 4 nitrogen and oxygen atoms in total. The summed E-state index contributed by atoms with van der Waals surface area (Å²) in [7, 11) is 0. The van der Waals surface area contributed by atoms with Gasteiger partial charge in [0.2, 0.25) is 0 Å². The van der Waals surface area contributed by atoms with Crippen molar-refractivity contribution in [2.45, 2.75) is 13.3 Å². The lowest BCUT2D eigenvalue weighted by molar-refractivity contribution is 0.317. The number of nitrogens with two attached hydrogens (primary N) is 1. The van der Waals surface area contributed by atoms with E-state index >= 15 is 0 Å². The Morgan fingerprint density at radius 3 is 3.00 bits per heavy atom. The molecule has 1 rings (SSSR count). The normalized spacial score (nSPS) is 11.5. The molecule has 15 heavy (non-hydrogen) atoms. The van der Waals surface area contributed by atoms with Crippen LogP contribution in [0.2, 0.25) is 5.02 Å². The zero-order valence-corrected chi connectivity index (χ0v) is 9.25. The first kappa shape index (κ1) is 11.7. The molecule has 4 N–H and O–H groups in total. The van der Waals surface area contributed by atoms with Gasteiger partial charge in [0.15, 0.2) is 0 Å². The Labute approximate surface area is 93.7 Å². The first-order valence-corrected chi connectivity index (χ1v) is 4.97. The van der Waals surface area contributed by atoms with Gasteiger partial charge in [0.1, 0.15) is 5.84 Å². The maximum Gasteiger partial charge on any atom is 0.140 e. The van der Waals surface area contributed by atoms with E-state index in [0.29, 0.717) is 18.0 Å². The summed E-state index contributed by atoms with van der Waals surface area (Å²) in [5, 5.41) is 15.0. The minimum atomic E-state index is 0.200. The van der Waals surface area contributed by atoms with Crippen LogP contribution in [0.25, 0.3) is 0 Å². The standard InChI is InChI=1S/C10H14ClN3O/c1-7-2-3-8(11)9(6-7)13-5-4-10(12)14-15/h2-3,6,13,15H,4-5H2,1H3,(H2,12,14). The van der Waals surface area contributed by atoms with Crippen LogP contribution in [-0.2, 0) is 0 Å². The SMILES string of the molecule is Cc1ccc(Cl)c(NCC/C(N)=N/O)c1. The van der Waals surface area contributed by atoms with Gasteiger partial charge in [-0.25, -0.2) is 0 Å². The van der Waals surface area contributed by atoms with E-state index in [2.05, 4.69) is 10.5 Å². The van der Waals surface area contributed by atoms with Crippen molar-refractivity contribution in [3.05, 3.63) is 28.8 Å². The summed E-state index contributed by atoms with van der Waals surface area (Å²) < 4.78 is 0. The van der Waals surface area contributed by atoms with Gasteiger partial charge in [0.25, 0.3) is 0 Å². The Bertz CT molecular complexity index is 366. The molecular weight excluding hydrogens is 214 g/mol. The predicted octanol–water partition coefficient (Wildman–Crippen LogP) is 2.20. The van der Waals surface area contributed by atoms with Crippen LogP contribution in [-0.4, -0.2) is 17.6 Å². The number of hydrogen-bond donors (Lipinski definition) is 3. The van der Waals surface area contributed by atoms with Gasteiger partial charge in [-0.05, 0) is 24.6 Å². The maximum absolute atomic E-state index is 8.34. The van der Waals surface area contributed by atoms with Gasteiger partial charge in [-0.1, -0.05) is 22.8 Å². The highest BCUT2D eigenvalue weighted by atomic mass is 35.5. The van der Waals surface area contributed by atoms with E-state index in [1.807, 2.05) is 25.1 Å². The number of nitrogens with one attached hydrogen (secondary N) is 1. The fourth-order valence-electron chi connectivity index (χ4n) is 1.15. The third-order valence-electron chi connectivity index (χ3n) is 1.95. The number of nitrogens with zero attached hydrogens (tertiary/aromatic N) is 1. The molecule has 0 aliphatic rings. The van der Waals surface area contributed by atoms with Crippen LogP contribution >= 0.6 is 11.6 Å². The Morgan fingerprint density at radius 1 is 1.60 bits per heavy atom. The molecule has 1 aromatic carbocycles. The highest BCUT2D eigenvalue weighted by Crippen LogP contribution is 2.22. The molecule has 0 aromatic heterocycles. The smallest absolute Gasteiger partial charge is 0.140 e. The van der Waals surface area contributed by atoms with E-state index in [9.17, 15) is 0 Å². The van der Waals surface area contributed by atoms with Crippen molar-refractivity contribution in [3.63, 3.8) is 0 Å². The van der Waals surface area contributed by atoms with Gasteiger partial charge in [-0.15, -0.1) is 0 Å². The second-order valence-corrected chi connectivity index (χ2v) is 3.66. The van der Waals surface area contributed by atoms with E-state index in [0.717, 1.165) is 11.3 Å². The van der Waals surface area contributed by atoms with Gasteiger partial charge in [0, 0.05) is 13.0 Å². The van der Waals surface area contributed by atoms with Gasteiger partial charge in [-0.2, -0.15) is 0 Å². The summed E-state index contributed by atoms with van der Waals surface area (Å²) in [4.78, 5) is 0. The van der Waals surface area contributed by atoms with Crippen molar-refractivity contribution < 1.29 is 5.21 Å². The first-order valence-electron chi connectivity index (χ1n) is 4.60. The Balaban J connectivity index is 2.54. The molecule has 0 aliphatic carbocycles. The second-order valence-electron chi connectivity index (χ2n) is 3.25. The Morgan fingerprint density at radius 2 is 2.33 bits per heavy atom. The lowest BCUT2D eigenvalue weighted by atomic mass is 10.2. The van der Waals surface area contributed by atoms with Gasteiger partial charge >= 0.3 is 0 Å².